The van der Waals surface area contributed by atoms with E-state index in [0.29, 0.717) is 19.6 Å². The van der Waals surface area contributed by atoms with Gasteiger partial charge in [0.2, 0.25) is 11.8 Å². The molecule has 1 aromatic carbocycles. The third-order valence-electron chi connectivity index (χ3n) is 4.45. The molecule has 2 amide bonds. The Hall–Kier alpha value is -2.76. The van der Waals surface area contributed by atoms with E-state index in [9.17, 15) is 9.59 Å². The Balaban J connectivity index is 1.58. The number of hydrogen-bond donors (Lipinski definition) is 0. The minimum Gasteiger partial charge on any atom is -0.497 e. The molecule has 1 aliphatic heterocycles. The summed E-state index contributed by atoms with van der Waals surface area (Å²) < 4.78 is 10.4. The molecule has 0 N–H and O–H groups in total. The summed E-state index contributed by atoms with van der Waals surface area (Å²) in [6.45, 7) is 1.37. The number of ether oxygens (including phenoxy) is 1. The zero-order valence-electron chi connectivity index (χ0n) is 14.5. The predicted molar refractivity (Wildman–Crippen MR) is 91.7 cm³/mol. The normalized spacial score (nSPS) is 17.0. The van der Waals surface area contributed by atoms with Gasteiger partial charge >= 0.3 is 0 Å². The molecule has 2 aromatic rings. The van der Waals surface area contributed by atoms with Gasteiger partial charge in [-0.3, -0.25) is 9.59 Å². The van der Waals surface area contributed by atoms with Crippen LogP contribution >= 0.6 is 0 Å². The summed E-state index contributed by atoms with van der Waals surface area (Å²) in [5, 5.41) is 0. The van der Waals surface area contributed by atoms with Crippen molar-refractivity contribution in [3.05, 3.63) is 54.0 Å². The number of carbonyl (C=O) groups excluding carboxylic acids is 2. The lowest BCUT2D eigenvalue weighted by molar-refractivity contribution is -0.135. The van der Waals surface area contributed by atoms with Crippen LogP contribution in [0.15, 0.2) is 47.1 Å². The summed E-state index contributed by atoms with van der Waals surface area (Å²) in [5.41, 5.74) is 1.02. The van der Waals surface area contributed by atoms with Gasteiger partial charge in [0.05, 0.1) is 25.8 Å². The van der Waals surface area contributed by atoms with E-state index in [2.05, 4.69) is 0 Å². The smallest absolute Gasteiger partial charge is 0.228 e. The molecule has 1 aromatic heterocycles. The van der Waals surface area contributed by atoms with Gasteiger partial charge in [0.1, 0.15) is 11.5 Å². The number of carbonyl (C=O) groups is 2. The van der Waals surface area contributed by atoms with Crippen LogP contribution < -0.4 is 4.74 Å². The van der Waals surface area contributed by atoms with E-state index in [4.69, 9.17) is 9.15 Å². The molecular weight excluding hydrogens is 320 g/mol. The maximum Gasteiger partial charge on any atom is 0.228 e. The van der Waals surface area contributed by atoms with E-state index in [0.717, 1.165) is 17.1 Å². The molecule has 0 unspecified atom stereocenters. The second kappa shape index (κ2) is 7.42. The largest absolute Gasteiger partial charge is 0.497 e. The van der Waals surface area contributed by atoms with Gasteiger partial charge in [-0.15, -0.1) is 0 Å². The Labute approximate surface area is 147 Å². The Morgan fingerprint density at radius 1 is 1.32 bits per heavy atom. The number of likely N-dealkylation sites (tertiary alicyclic amines) is 1. The molecule has 1 saturated heterocycles. The quantitative estimate of drug-likeness (QED) is 0.808. The third-order valence-corrected chi connectivity index (χ3v) is 4.45. The molecule has 1 aliphatic rings. The molecule has 25 heavy (non-hydrogen) atoms. The molecule has 6 heteroatoms. The lowest BCUT2D eigenvalue weighted by Crippen LogP contribution is -2.34. The van der Waals surface area contributed by atoms with Crippen molar-refractivity contribution < 1.29 is 18.7 Å². The molecule has 3 rings (SSSR count). The minimum atomic E-state index is -0.300. The zero-order chi connectivity index (χ0) is 17.8. The van der Waals surface area contributed by atoms with Gasteiger partial charge in [0, 0.05) is 26.6 Å². The molecule has 1 fully saturated rings. The summed E-state index contributed by atoms with van der Waals surface area (Å²) in [4.78, 5) is 28.2. The van der Waals surface area contributed by atoms with E-state index < -0.39 is 0 Å². The van der Waals surface area contributed by atoms with Crippen molar-refractivity contribution in [1.82, 2.24) is 9.80 Å². The van der Waals surface area contributed by atoms with Crippen LogP contribution in [0.1, 0.15) is 17.7 Å². The van der Waals surface area contributed by atoms with Crippen molar-refractivity contribution in [2.75, 3.05) is 20.7 Å². The fourth-order valence-corrected chi connectivity index (χ4v) is 3.07. The van der Waals surface area contributed by atoms with Crippen LogP contribution in [0.5, 0.6) is 5.75 Å². The highest BCUT2D eigenvalue weighted by Crippen LogP contribution is 2.23. The average Bonchev–Trinajstić information content (AvgIpc) is 3.25. The van der Waals surface area contributed by atoms with Gasteiger partial charge in [0.25, 0.3) is 0 Å². The van der Waals surface area contributed by atoms with Crippen molar-refractivity contribution in [3.63, 3.8) is 0 Å². The standard InChI is InChI=1S/C19H22N2O4/c1-20(13-17-4-3-9-25-17)19(23)15-10-18(22)21(12-15)11-14-5-7-16(24-2)8-6-14/h3-9,15H,10-13H2,1-2H3/t15-/m0/s1. The van der Waals surface area contributed by atoms with E-state index in [-0.39, 0.29) is 24.2 Å². The Bertz CT molecular complexity index is 724. The van der Waals surface area contributed by atoms with E-state index in [1.807, 2.05) is 30.3 Å². The summed E-state index contributed by atoms with van der Waals surface area (Å²) in [7, 11) is 3.36. The summed E-state index contributed by atoms with van der Waals surface area (Å²) in [6, 6.07) is 11.2. The monoisotopic (exact) mass is 342 g/mol. The van der Waals surface area contributed by atoms with Gasteiger partial charge in [0.15, 0.2) is 0 Å². The van der Waals surface area contributed by atoms with E-state index >= 15 is 0 Å². The van der Waals surface area contributed by atoms with Crippen LogP contribution in [0.3, 0.4) is 0 Å². The first kappa shape index (κ1) is 17.1. The first-order valence-electron chi connectivity index (χ1n) is 8.25. The molecule has 0 radical (unpaired) electrons. The second-order valence-electron chi connectivity index (χ2n) is 6.30. The van der Waals surface area contributed by atoms with Crippen molar-refractivity contribution in [3.8, 4) is 5.75 Å². The molecule has 0 saturated carbocycles. The summed E-state index contributed by atoms with van der Waals surface area (Å²) in [5.74, 6) is 1.20. The van der Waals surface area contributed by atoms with Crippen LogP contribution in [0.25, 0.3) is 0 Å². The lowest BCUT2D eigenvalue weighted by atomic mass is 10.1. The van der Waals surface area contributed by atoms with Crippen molar-refractivity contribution in [2.24, 2.45) is 5.92 Å². The number of methoxy groups -OCH3 is 1. The fraction of sp³-hybridized carbons (Fsp3) is 0.368. The van der Waals surface area contributed by atoms with Crippen LogP contribution in [0, 0.1) is 5.92 Å². The number of hydrogen-bond acceptors (Lipinski definition) is 4. The SMILES string of the molecule is COc1ccc(CN2C[C@@H](C(=O)N(C)Cc3ccco3)CC2=O)cc1. The predicted octanol–water partition coefficient (Wildman–Crippen LogP) is 2.30. The maximum absolute atomic E-state index is 12.6. The molecule has 0 spiro atoms. The fourth-order valence-electron chi connectivity index (χ4n) is 3.07. The zero-order valence-corrected chi connectivity index (χ0v) is 14.5. The molecule has 2 heterocycles. The summed E-state index contributed by atoms with van der Waals surface area (Å²) >= 11 is 0. The maximum atomic E-state index is 12.6. The number of rotatable bonds is 6. The molecule has 6 nitrogen and oxygen atoms in total. The second-order valence-corrected chi connectivity index (χ2v) is 6.30. The van der Waals surface area contributed by atoms with Gasteiger partial charge in [-0.1, -0.05) is 12.1 Å². The minimum absolute atomic E-state index is 0.0144. The van der Waals surface area contributed by atoms with Crippen LogP contribution in [0.4, 0.5) is 0 Å². The topological polar surface area (TPSA) is 63.0 Å². The van der Waals surface area contributed by atoms with Crippen LogP contribution in [-0.2, 0) is 22.7 Å². The first-order valence-corrected chi connectivity index (χ1v) is 8.25. The van der Waals surface area contributed by atoms with Gasteiger partial charge in [-0.25, -0.2) is 0 Å². The number of nitrogens with zero attached hydrogens (tertiary/aromatic N) is 2. The van der Waals surface area contributed by atoms with Gasteiger partial charge in [-0.05, 0) is 29.8 Å². The van der Waals surface area contributed by atoms with Crippen molar-refractivity contribution in [1.29, 1.82) is 0 Å². The number of amides is 2. The third kappa shape index (κ3) is 4.02. The van der Waals surface area contributed by atoms with Gasteiger partial charge in [-0.2, -0.15) is 0 Å². The van der Waals surface area contributed by atoms with Crippen LogP contribution in [0.2, 0.25) is 0 Å². The van der Waals surface area contributed by atoms with Gasteiger partial charge < -0.3 is 19.0 Å². The molecular formula is C19H22N2O4. The van der Waals surface area contributed by atoms with E-state index in [1.165, 1.54) is 0 Å². The average molecular weight is 342 g/mol. The number of benzene rings is 1. The Morgan fingerprint density at radius 3 is 2.72 bits per heavy atom. The molecule has 0 aliphatic carbocycles. The van der Waals surface area contributed by atoms with E-state index in [1.54, 1.807) is 36.3 Å². The highest BCUT2D eigenvalue weighted by molar-refractivity contribution is 5.89. The molecule has 1 atom stereocenters. The highest BCUT2D eigenvalue weighted by atomic mass is 16.5. The highest BCUT2D eigenvalue weighted by Gasteiger charge is 2.35. The first-order chi connectivity index (χ1) is 12.1. The number of furan rings is 1. The lowest BCUT2D eigenvalue weighted by Gasteiger charge is -2.20. The van der Waals surface area contributed by atoms with Crippen molar-refractivity contribution >= 4 is 11.8 Å². The Morgan fingerprint density at radius 2 is 2.08 bits per heavy atom. The molecule has 132 valence electrons. The van der Waals surface area contributed by atoms with Crippen LogP contribution in [-0.4, -0.2) is 42.3 Å². The Kier molecular flexibility index (Phi) is 5.07. The van der Waals surface area contributed by atoms with Crippen molar-refractivity contribution in [2.45, 2.75) is 19.5 Å². The molecule has 0 bridgehead atoms. The summed E-state index contributed by atoms with van der Waals surface area (Å²) in [6.07, 6.45) is 1.85.